The fourth-order valence-electron chi connectivity index (χ4n) is 2.76. The van der Waals surface area contributed by atoms with Crippen molar-refractivity contribution in [2.24, 2.45) is 0 Å². The van der Waals surface area contributed by atoms with Crippen LogP contribution in [0.1, 0.15) is 28.7 Å². The highest BCUT2D eigenvalue weighted by Gasteiger charge is 2.24. The minimum Gasteiger partial charge on any atom is -0.491 e. The minimum absolute atomic E-state index is 0.155. The van der Waals surface area contributed by atoms with Gasteiger partial charge in [0.15, 0.2) is 0 Å². The Kier molecular flexibility index (Phi) is 5.76. The predicted octanol–water partition coefficient (Wildman–Crippen LogP) is 3.95. The molecule has 0 spiro atoms. The topological polar surface area (TPSA) is 55.3 Å². The highest BCUT2D eigenvalue weighted by Crippen LogP contribution is 2.28. The molecule has 1 amide bonds. The minimum atomic E-state index is -0.308. The quantitative estimate of drug-likeness (QED) is 0.753. The third kappa shape index (κ3) is 4.47. The van der Waals surface area contributed by atoms with Gasteiger partial charge in [-0.15, -0.1) is 0 Å². The van der Waals surface area contributed by atoms with Gasteiger partial charge in [-0.05, 0) is 42.3 Å². The second-order valence-electron chi connectivity index (χ2n) is 6.03. The van der Waals surface area contributed by atoms with E-state index in [9.17, 15) is 9.18 Å². The predicted molar refractivity (Wildman–Crippen MR) is 102 cm³/mol. The summed E-state index contributed by atoms with van der Waals surface area (Å²) in [5.41, 5.74) is 1.93. The first-order chi connectivity index (χ1) is 13.1. The van der Waals surface area contributed by atoms with Crippen molar-refractivity contribution in [3.05, 3.63) is 84.2 Å². The molecule has 3 rings (SSSR count). The highest BCUT2D eigenvalue weighted by atomic mass is 19.1. The number of aromatic nitrogens is 2. The van der Waals surface area contributed by atoms with Gasteiger partial charge in [0, 0.05) is 12.4 Å². The van der Waals surface area contributed by atoms with Crippen LogP contribution in [0.25, 0.3) is 5.57 Å². The molecule has 0 bridgehead atoms. The average molecular weight is 365 g/mol. The highest BCUT2D eigenvalue weighted by molar-refractivity contribution is 5.98. The average Bonchev–Trinajstić information content (AvgIpc) is 2.82. The Morgan fingerprint density at radius 2 is 2.11 bits per heavy atom. The fourth-order valence-corrected chi connectivity index (χ4v) is 2.76. The van der Waals surface area contributed by atoms with Crippen LogP contribution in [0.2, 0.25) is 0 Å². The molecular weight excluding hydrogens is 345 g/mol. The molecule has 0 N–H and O–H groups in total. The molecule has 1 aromatic heterocycles. The first kappa shape index (κ1) is 18.5. The molecule has 2 aromatic rings. The van der Waals surface area contributed by atoms with Crippen LogP contribution in [0.3, 0.4) is 0 Å². The number of fused-ring (bicyclic) bond motifs is 1. The number of carbonyl (C=O) groups excluding carboxylic acids is 1. The lowest BCUT2D eigenvalue weighted by Gasteiger charge is -2.19. The largest absolute Gasteiger partial charge is 0.491 e. The maximum atomic E-state index is 13.1. The molecule has 0 aliphatic carbocycles. The summed E-state index contributed by atoms with van der Waals surface area (Å²) >= 11 is 0. The first-order valence-corrected chi connectivity index (χ1v) is 8.57. The van der Waals surface area contributed by atoms with Gasteiger partial charge in [0.2, 0.25) is 0 Å². The van der Waals surface area contributed by atoms with Crippen LogP contribution in [0.5, 0.6) is 5.75 Å². The van der Waals surface area contributed by atoms with Crippen molar-refractivity contribution in [1.82, 2.24) is 14.9 Å². The van der Waals surface area contributed by atoms with E-state index in [0.717, 1.165) is 5.56 Å². The summed E-state index contributed by atoms with van der Waals surface area (Å²) in [6.45, 7) is 6.28. The van der Waals surface area contributed by atoms with Crippen molar-refractivity contribution in [3.8, 4) is 5.75 Å². The number of hydrogen-bond donors (Lipinski definition) is 0. The van der Waals surface area contributed by atoms with E-state index in [2.05, 4.69) is 16.5 Å². The van der Waals surface area contributed by atoms with Crippen LogP contribution in [-0.2, 0) is 6.54 Å². The van der Waals surface area contributed by atoms with Gasteiger partial charge >= 0.3 is 0 Å². The Hall–Kier alpha value is -3.28. The second kappa shape index (κ2) is 8.40. The summed E-state index contributed by atoms with van der Waals surface area (Å²) < 4.78 is 18.8. The van der Waals surface area contributed by atoms with Crippen molar-refractivity contribution in [2.75, 3.05) is 13.2 Å². The van der Waals surface area contributed by atoms with E-state index in [1.54, 1.807) is 47.6 Å². The molecule has 1 aliphatic heterocycles. The summed E-state index contributed by atoms with van der Waals surface area (Å²) in [5.74, 6) is 0.636. The Balaban J connectivity index is 1.93. The summed E-state index contributed by atoms with van der Waals surface area (Å²) in [7, 11) is 0. The number of rotatable bonds is 5. The lowest BCUT2D eigenvalue weighted by atomic mass is 10.0. The summed E-state index contributed by atoms with van der Waals surface area (Å²) in [6, 6.07) is 7.07. The molecule has 2 heterocycles. The lowest BCUT2D eigenvalue weighted by Crippen LogP contribution is -2.32. The van der Waals surface area contributed by atoms with Crippen molar-refractivity contribution < 1.29 is 13.9 Å². The maximum absolute atomic E-state index is 13.1. The standard InChI is InChI=1S/C21H20FN3O2/c1-3-16(6-5-15(2)22)17-7-8-19-18(13-17)21(26)25(11-12-27-19)14-20-23-9-4-10-24-20/h3-10,13H,1,11-12,14H2,2H3/b15-5+,16-6+. The summed E-state index contributed by atoms with van der Waals surface area (Å²) in [6.07, 6.45) is 7.91. The Labute approximate surface area is 157 Å². The zero-order valence-corrected chi connectivity index (χ0v) is 15.1. The van der Waals surface area contributed by atoms with Gasteiger partial charge in [-0.2, -0.15) is 0 Å². The van der Waals surface area contributed by atoms with Crippen molar-refractivity contribution >= 4 is 11.5 Å². The molecule has 0 fully saturated rings. The molecule has 5 nitrogen and oxygen atoms in total. The van der Waals surface area contributed by atoms with Gasteiger partial charge in [0.05, 0.1) is 24.5 Å². The molecule has 1 aromatic carbocycles. The molecule has 0 unspecified atom stereocenters. The van der Waals surface area contributed by atoms with Gasteiger partial charge in [-0.3, -0.25) is 4.79 Å². The van der Waals surface area contributed by atoms with Gasteiger partial charge in [0.25, 0.3) is 5.91 Å². The van der Waals surface area contributed by atoms with Crippen molar-refractivity contribution in [2.45, 2.75) is 13.5 Å². The Morgan fingerprint density at radius 3 is 2.81 bits per heavy atom. The number of hydrogen-bond acceptors (Lipinski definition) is 4. The van der Waals surface area contributed by atoms with E-state index >= 15 is 0 Å². The van der Waals surface area contributed by atoms with Gasteiger partial charge < -0.3 is 9.64 Å². The van der Waals surface area contributed by atoms with Crippen LogP contribution in [0.15, 0.2) is 67.3 Å². The van der Waals surface area contributed by atoms with Crippen molar-refractivity contribution in [3.63, 3.8) is 0 Å². The third-order valence-electron chi connectivity index (χ3n) is 4.11. The van der Waals surface area contributed by atoms with E-state index in [0.29, 0.717) is 42.4 Å². The van der Waals surface area contributed by atoms with E-state index in [4.69, 9.17) is 4.74 Å². The summed E-state index contributed by atoms with van der Waals surface area (Å²) in [4.78, 5) is 23.1. The molecule has 1 aliphatic rings. The Bertz CT molecular complexity index is 903. The monoisotopic (exact) mass is 365 g/mol. The smallest absolute Gasteiger partial charge is 0.258 e. The van der Waals surface area contributed by atoms with Crippen LogP contribution in [0.4, 0.5) is 4.39 Å². The number of allylic oxidation sites excluding steroid dienone is 5. The lowest BCUT2D eigenvalue weighted by molar-refractivity contribution is 0.0738. The number of benzene rings is 1. The van der Waals surface area contributed by atoms with E-state index in [-0.39, 0.29) is 11.7 Å². The normalized spacial score (nSPS) is 15.0. The van der Waals surface area contributed by atoms with Gasteiger partial charge in [0.1, 0.15) is 18.2 Å². The number of carbonyl (C=O) groups is 1. The summed E-state index contributed by atoms with van der Waals surface area (Å²) in [5, 5.41) is 0. The van der Waals surface area contributed by atoms with Crippen LogP contribution < -0.4 is 4.74 Å². The maximum Gasteiger partial charge on any atom is 0.258 e. The van der Waals surface area contributed by atoms with Crippen molar-refractivity contribution in [1.29, 1.82) is 0 Å². The van der Waals surface area contributed by atoms with E-state index in [1.807, 2.05) is 6.07 Å². The molecule has 0 radical (unpaired) electrons. The van der Waals surface area contributed by atoms with Crippen LogP contribution in [-0.4, -0.2) is 33.9 Å². The van der Waals surface area contributed by atoms with Crippen LogP contribution in [0, 0.1) is 0 Å². The molecule has 0 saturated carbocycles. The Morgan fingerprint density at radius 1 is 1.33 bits per heavy atom. The molecule has 0 atom stereocenters. The zero-order chi connectivity index (χ0) is 19.2. The molecule has 138 valence electrons. The number of halogens is 1. The van der Waals surface area contributed by atoms with Gasteiger partial charge in [-0.25, -0.2) is 14.4 Å². The second-order valence-corrected chi connectivity index (χ2v) is 6.03. The number of nitrogens with zero attached hydrogens (tertiary/aromatic N) is 3. The van der Waals surface area contributed by atoms with Gasteiger partial charge in [-0.1, -0.05) is 24.8 Å². The zero-order valence-electron chi connectivity index (χ0n) is 15.1. The SMILES string of the molecule is C=C/C(=C\C=C(/C)F)c1ccc2c(c1)C(=O)N(Cc1ncccn1)CCO2. The molecule has 27 heavy (non-hydrogen) atoms. The van der Waals surface area contributed by atoms with Crippen LogP contribution >= 0.6 is 0 Å². The third-order valence-corrected chi connectivity index (χ3v) is 4.11. The molecule has 6 heteroatoms. The first-order valence-electron chi connectivity index (χ1n) is 8.57. The number of ether oxygens (including phenoxy) is 1. The number of amides is 1. The van der Waals surface area contributed by atoms with E-state index < -0.39 is 0 Å². The fraction of sp³-hybridized carbons (Fsp3) is 0.190. The molecular formula is C21H20FN3O2. The van der Waals surface area contributed by atoms with E-state index in [1.165, 1.54) is 13.0 Å². The molecule has 0 saturated heterocycles.